The van der Waals surface area contributed by atoms with Crippen molar-refractivity contribution in [3.63, 3.8) is 0 Å². The van der Waals surface area contributed by atoms with E-state index in [-0.39, 0.29) is 0 Å². The van der Waals surface area contributed by atoms with Gasteiger partial charge in [-0.2, -0.15) is 0 Å². The number of thioether (sulfide) groups is 1. The van der Waals surface area contributed by atoms with Crippen molar-refractivity contribution < 1.29 is 0 Å². The molecule has 2 unspecified atom stereocenters. The standard InChI is InChI=1S/C9H17NS/c1-7-10-9(2,6-11-7)8-4-3-5-8/h7-8,10H,3-6H2,1-2H3. The Balaban J connectivity index is 1.98. The lowest BCUT2D eigenvalue weighted by atomic mass is 9.72. The summed E-state index contributed by atoms with van der Waals surface area (Å²) in [5.41, 5.74) is 0.475. The van der Waals surface area contributed by atoms with Crippen LogP contribution in [0.5, 0.6) is 0 Å². The van der Waals surface area contributed by atoms with Crippen LogP contribution in [0.3, 0.4) is 0 Å². The molecule has 11 heavy (non-hydrogen) atoms. The summed E-state index contributed by atoms with van der Waals surface area (Å²) in [6.45, 7) is 4.67. The molecule has 0 amide bonds. The van der Waals surface area contributed by atoms with E-state index in [1.165, 1.54) is 25.0 Å². The summed E-state index contributed by atoms with van der Waals surface area (Å²) < 4.78 is 0. The van der Waals surface area contributed by atoms with Gasteiger partial charge in [-0.05, 0) is 32.6 Å². The van der Waals surface area contributed by atoms with Gasteiger partial charge in [0.25, 0.3) is 0 Å². The molecule has 0 aromatic heterocycles. The van der Waals surface area contributed by atoms with Crippen molar-refractivity contribution >= 4 is 11.8 Å². The lowest BCUT2D eigenvalue weighted by Gasteiger charge is -2.40. The highest BCUT2D eigenvalue weighted by Gasteiger charge is 2.42. The Hall–Kier alpha value is 0.310. The second-order valence-corrected chi connectivity index (χ2v) is 5.47. The quantitative estimate of drug-likeness (QED) is 0.649. The first kappa shape index (κ1) is 7.93. The molecule has 0 aromatic carbocycles. The summed E-state index contributed by atoms with van der Waals surface area (Å²) in [6.07, 6.45) is 4.37. The topological polar surface area (TPSA) is 12.0 Å². The minimum absolute atomic E-state index is 0.475. The van der Waals surface area contributed by atoms with E-state index in [0.29, 0.717) is 10.9 Å². The van der Waals surface area contributed by atoms with E-state index in [9.17, 15) is 0 Å². The minimum atomic E-state index is 0.475. The average molecular weight is 171 g/mol. The van der Waals surface area contributed by atoms with Crippen molar-refractivity contribution in [3.8, 4) is 0 Å². The van der Waals surface area contributed by atoms with Gasteiger partial charge < -0.3 is 0 Å². The molecule has 1 heterocycles. The summed E-state index contributed by atoms with van der Waals surface area (Å²) in [7, 11) is 0. The molecule has 0 spiro atoms. The first-order valence-corrected chi connectivity index (χ1v) is 5.65. The third-order valence-corrected chi connectivity index (χ3v) is 4.56. The van der Waals surface area contributed by atoms with Crippen LogP contribution in [0.2, 0.25) is 0 Å². The lowest BCUT2D eigenvalue weighted by molar-refractivity contribution is 0.169. The first-order valence-electron chi connectivity index (χ1n) is 4.60. The maximum atomic E-state index is 3.70. The average Bonchev–Trinajstić information content (AvgIpc) is 2.06. The van der Waals surface area contributed by atoms with Gasteiger partial charge in [0.15, 0.2) is 0 Å². The molecule has 1 N–H and O–H groups in total. The number of nitrogens with one attached hydrogen (secondary N) is 1. The van der Waals surface area contributed by atoms with Crippen molar-refractivity contribution in [2.24, 2.45) is 5.92 Å². The highest BCUT2D eigenvalue weighted by Crippen LogP contribution is 2.41. The summed E-state index contributed by atoms with van der Waals surface area (Å²) in [6, 6.07) is 0. The molecule has 2 rings (SSSR count). The predicted octanol–water partition coefficient (Wildman–Crippen LogP) is 2.23. The van der Waals surface area contributed by atoms with Crippen LogP contribution in [0.25, 0.3) is 0 Å². The molecule has 0 bridgehead atoms. The smallest absolute Gasteiger partial charge is 0.0508 e. The molecule has 0 radical (unpaired) electrons. The Morgan fingerprint density at radius 3 is 2.55 bits per heavy atom. The molecule has 1 aliphatic heterocycles. The number of rotatable bonds is 1. The van der Waals surface area contributed by atoms with E-state index < -0.39 is 0 Å². The Labute approximate surface area is 73.3 Å². The summed E-state index contributed by atoms with van der Waals surface area (Å²) in [5.74, 6) is 2.29. The Bertz CT molecular complexity index is 156. The molecule has 2 heteroatoms. The Kier molecular flexibility index (Phi) is 1.92. The van der Waals surface area contributed by atoms with E-state index in [1.807, 2.05) is 0 Å². The fourth-order valence-corrected chi connectivity index (χ4v) is 3.39. The fourth-order valence-electron chi connectivity index (χ4n) is 2.13. The van der Waals surface area contributed by atoms with Gasteiger partial charge in [-0.1, -0.05) is 6.42 Å². The zero-order valence-electron chi connectivity index (χ0n) is 7.39. The van der Waals surface area contributed by atoms with Gasteiger partial charge in [0.2, 0.25) is 0 Å². The van der Waals surface area contributed by atoms with Crippen LogP contribution in [-0.2, 0) is 0 Å². The maximum absolute atomic E-state index is 3.70. The molecule has 1 nitrogen and oxygen atoms in total. The zero-order chi connectivity index (χ0) is 7.90. The highest BCUT2D eigenvalue weighted by molar-refractivity contribution is 8.00. The molecule has 1 saturated heterocycles. The number of hydrogen-bond donors (Lipinski definition) is 1. The van der Waals surface area contributed by atoms with E-state index in [2.05, 4.69) is 30.9 Å². The molecular weight excluding hydrogens is 154 g/mol. The summed E-state index contributed by atoms with van der Waals surface area (Å²) in [5, 5.41) is 4.38. The normalized spacial score (nSPS) is 45.8. The minimum Gasteiger partial charge on any atom is -0.299 e. The van der Waals surface area contributed by atoms with E-state index in [4.69, 9.17) is 0 Å². The zero-order valence-corrected chi connectivity index (χ0v) is 8.21. The third-order valence-electron chi connectivity index (χ3n) is 3.17. The predicted molar refractivity (Wildman–Crippen MR) is 50.8 cm³/mol. The van der Waals surface area contributed by atoms with Crippen LogP contribution < -0.4 is 5.32 Å². The van der Waals surface area contributed by atoms with E-state index >= 15 is 0 Å². The second kappa shape index (κ2) is 2.67. The summed E-state index contributed by atoms with van der Waals surface area (Å²) >= 11 is 2.07. The van der Waals surface area contributed by atoms with Crippen LogP contribution in [0.1, 0.15) is 33.1 Å². The maximum Gasteiger partial charge on any atom is 0.0508 e. The van der Waals surface area contributed by atoms with Gasteiger partial charge in [0, 0.05) is 11.3 Å². The van der Waals surface area contributed by atoms with Crippen LogP contribution in [0, 0.1) is 5.92 Å². The molecule has 1 aliphatic carbocycles. The molecule has 0 aromatic rings. The van der Waals surface area contributed by atoms with Gasteiger partial charge in [0.1, 0.15) is 0 Å². The van der Waals surface area contributed by atoms with Crippen molar-refractivity contribution in [1.29, 1.82) is 0 Å². The lowest BCUT2D eigenvalue weighted by Crippen LogP contribution is -2.50. The van der Waals surface area contributed by atoms with Gasteiger partial charge in [-0.25, -0.2) is 0 Å². The van der Waals surface area contributed by atoms with E-state index in [1.54, 1.807) is 0 Å². The van der Waals surface area contributed by atoms with Gasteiger partial charge in [0.05, 0.1) is 5.37 Å². The van der Waals surface area contributed by atoms with Crippen molar-refractivity contribution in [1.82, 2.24) is 5.32 Å². The van der Waals surface area contributed by atoms with Crippen LogP contribution in [0.15, 0.2) is 0 Å². The largest absolute Gasteiger partial charge is 0.299 e. The van der Waals surface area contributed by atoms with E-state index in [0.717, 1.165) is 5.92 Å². The molecule has 2 fully saturated rings. The SMILES string of the molecule is CC1NC(C)(C2CCC2)CS1. The monoisotopic (exact) mass is 171 g/mol. The second-order valence-electron chi connectivity index (χ2n) is 4.14. The van der Waals surface area contributed by atoms with Gasteiger partial charge in [-0.15, -0.1) is 11.8 Å². The summed E-state index contributed by atoms with van der Waals surface area (Å²) in [4.78, 5) is 0. The van der Waals surface area contributed by atoms with Crippen LogP contribution >= 0.6 is 11.8 Å². The van der Waals surface area contributed by atoms with Crippen molar-refractivity contribution in [2.45, 2.75) is 44.0 Å². The molecule has 2 aliphatic rings. The van der Waals surface area contributed by atoms with Crippen molar-refractivity contribution in [2.75, 3.05) is 5.75 Å². The Morgan fingerprint density at radius 1 is 1.45 bits per heavy atom. The molecule has 64 valence electrons. The molecule has 1 saturated carbocycles. The Morgan fingerprint density at radius 2 is 2.18 bits per heavy atom. The van der Waals surface area contributed by atoms with Gasteiger partial charge in [-0.3, -0.25) is 5.32 Å². The fraction of sp³-hybridized carbons (Fsp3) is 1.00. The highest BCUT2D eigenvalue weighted by atomic mass is 32.2. The van der Waals surface area contributed by atoms with Crippen LogP contribution in [0.4, 0.5) is 0 Å². The first-order chi connectivity index (χ1) is 5.21. The third kappa shape index (κ3) is 1.31. The molecule has 2 atom stereocenters. The van der Waals surface area contributed by atoms with Gasteiger partial charge >= 0.3 is 0 Å². The molecular formula is C9H17NS. The van der Waals surface area contributed by atoms with Crippen molar-refractivity contribution in [3.05, 3.63) is 0 Å². The number of hydrogen-bond acceptors (Lipinski definition) is 2. The van der Waals surface area contributed by atoms with Crippen LogP contribution in [-0.4, -0.2) is 16.7 Å².